The van der Waals surface area contributed by atoms with Crippen molar-refractivity contribution in [2.24, 2.45) is 4.99 Å². The van der Waals surface area contributed by atoms with E-state index in [9.17, 15) is 4.79 Å². The van der Waals surface area contributed by atoms with Crippen molar-refractivity contribution in [2.45, 2.75) is 25.8 Å². The highest BCUT2D eigenvalue weighted by molar-refractivity contribution is 14.0. The molecule has 0 radical (unpaired) electrons. The van der Waals surface area contributed by atoms with Gasteiger partial charge in [-0.05, 0) is 38.0 Å². The molecule has 0 saturated carbocycles. The Morgan fingerprint density at radius 3 is 2.74 bits per heavy atom. The predicted octanol–water partition coefficient (Wildman–Crippen LogP) is 3.12. The van der Waals surface area contributed by atoms with Crippen LogP contribution >= 0.6 is 35.6 Å². The van der Waals surface area contributed by atoms with Crippen LogP contribution in [0.5, 0.6) is 5.75 Å². The second kappa shape index (κ2) is 12.9. The Bertz CT molecular complexity index is 610. The maximum atomic E-state index is 11.7. The summed E-state index contributed by atoms with van der Waals surface area (Å²) in [6.45, 7) is 4.72. The number of hydrogen-bond donors (Lipinski definition) is 2. The molecule has 9 heteroatoms. The number of nitrogens with one attached hydrogen (secondary N) is 2. The van der Waals surface area contributed by atoms with Gasteiger partial charge in [0, 0.05) is 31.2 Å². The Balaban J connectivity index is 0.00000364. The lowest BCUT2D eigenvalue weighted by Gasteiger charge is -2.32. The largest absolute Gasteiger partial charge is 0.492 e. The Hall–Kier alpha value is -1.42. The van der Waals surface area contributed by atoms with Crippen LogP contribution in [-0.2, 0) is 4.74 Å². The summed E-state index contributed by atoms with van der Waals surface area (Å²) in [6, 6.07) is 7.60. The number of carbonyl (C=O) groups excluding carboxylic acids is 1. The van der Waals surface area contributed by atoms with Gasteiger partial charge >= 0.3 is 6.09 Å². The van der Waals surface area contributed by atoms with Crippen LogP contribution in [0, 0.1) is 0 Å². The Kier molecular flexibility index (Phi) is 11.3. The van der Waals surface area contributed by atoms with Crippen molar-refractivity contribution in [2.75, 3.05) is 39.9 Å². The molecule has 7 nitrogen and oxygen atoms in total. The number of benzene rings is 1. The van der Waals surface area contributed by atoms with Gasteiger partial charge in [0.1, 0.15) is 12.4 Å². The van der Waals surface area contributed by atoms with E-state index >= 15 is 0 Å². The molecule has 0 atom stereocenters. The molecule has 27 heavy (non-hydrogen) atoms. The van der Waals surface area contributed by atoms with Gasteiger partial charge in [0.05, 0.1) is 13.2 Å². The van der Waals surface area contributed by atoms with Gasteiger partial charge in [-0.3, -0.25) is 4.99 Å². The van der Waals surface area contributed by atoms with Crippen molar-refractivity contribution in [3.05, 3.63) is 29.3 Å². The van der Waals surface area contributed by atoms with Crippen LogP contribution in [0.3, 0.4) is 0 Å². The van der Waals surface area contributed by atoms with Crippen LogP contribution in [0.25, 0.3) is 0 Å². The van der Waals surface area contributed by atoms with E-state index in [1.807, 2.05) is 25.1 Å². The molecule has 1 aromatic carbocycles. The van der Waals surface area contributed by atoms with Crippen molar-refractivity contribution < 1.29 is 14.3 Å². The highest BCUT2D eigenvalue weighted by Gasteiger charge is 2.23. The first-order valence-corrected chi connectivity index (χ1v) is 9.27. The first kappa shape index (κ1) is 23.6. The van der Waals surface area contributed by atoms with E-state index in [-0.39, 0.29) is 36.1 Å². The molecule has 1 aliphatic heterocycles. The summed E-state index contributed by atoms with van der Waals surface area (Å²) in [5.74, 6) is 1.47. The van der Waals surface area contributed by atoms with Gasteiger partial charge in [0.15, 0.2) is 5.96 Å². The monoisotopic (exact) mass is 510 g/mol. The molecule has 1 aliphatic rings. The zero-order valence-corrected chi connectivity index (χ0v) is 18.8. The molecular formula is C18H28ClIN4O3. The lowest BCUT2D eigenvalue weighted by Crippen LogP contribution is -2.50. The third-order valence-corrected chi connectivity index (χ3v) is 4.28. The average molecular weight is 511 g/mol. The smallest absolute Gasteiger partial charge is 0.409 e. The maximum absolute atomic E-state index is 11.7. The van der Waals surface area contributed by atoms with Gasteiger partial charge in [-0.2, -0.15) is 0 Å². The summed E-state index contributed by atoms with van der Waals surface area (Å²) in [5, 5.41) is 7.27. The van der Waals surface area contributed by atoms with Gasteiger partial charge in [0.25, 0.3) is 0 Å². The summed E-state index contributed by atoms with van der Waals surface area (Å²) in [6.07, 6.45) is 1.49. The first-order chi connectivity index (χ1) is 12.6. The lowest BCUT2D eigenvalue weighted by molar-refractivity contribution is 0.0963. The van der Waals surface area contributed by atoms with E-state index in [1.54, 1.807) is 18.0 Å². The number of piperidine rings is 1. The number of likely N-dealkylation sites (tertiary alicyclic amines) is 1. The third-order valence-electron chi connectivity index (χ3n) is 4.04. The number of guanidine groups is 1. The van der Waals surface area contributed by atoms with Crippen LogP contribution in [0.1, 0.15) is 19.8 Å². The molecule has 0 unspecified atom stereocenters. The van der Waals surface area contributed by atoms with E-state index in [0.29, 0.717) is 37.9 Å². The SMILES string of the molecule is CCOC(=O)N1CCC(NC(=NC)NCCOc2cccc(Cl)c2)CC1.I. The minimum atomic E-state index is -0.230. The molecule has 0 aromatic heterocycles. The van der Waals surface area contributed by atoms with Crippen LogP contribution in [-0.4, -0.2) is 62.9 Å². The number of hydrogen-bond acceptors (Lipinski definition) is 4. The molecular weight excluding hydrogens is 483 g/mol. The van der Waals surface area contributed by atoms with Crippen molar-refractivity contribution in [1.29, 1.82) is 0 Å². The molecule has 0 bridgehead atoms. The number of aliphatic imine (C=N–C) groups is 1. The van der Waals surface area contributed by atoms with E-state index in [0.717, 1.165) is 24.6 Å². The molecule has 1 amide bonds. The van der Waals surface area contributed by atoms with Crippen LogP contribution in [0.4, 0.5) is 4.79 Å². The second-order valence-corrected chi connectivity index (χ2v) is 6.35. The average Bonchev–Trinajstić information content (AvgIpc) is 2.65. The topological polar surface area (TPSA) is 75.2 Å². The highest BCUT2D eigenvalue weighted by atomic mass is 127. The van der Waals surface area contributed by atoms with Gasteiger partial charge in [0.2, 0.25) is 0 Å². The fourth-order valence-corrected chi connectivity index (χ4v) is 2.88. The standard InChI is InChI=1S/C18H27ClN4O3.HI/c1-3-25-18(24)23-10-7-15(8-11-23)22-17(20-2)21-9-12-26-16-6-4-5-14(19)13-16;/h4-6,13,15H,3,7-12H2,1-2H3,(H2,20,21,22);1H. The number of carbonyl (C=O) groups is 1. The van der Waals surface area contributed by atoms with Gasteiger partial charge < -0.3 is 25.0 Å². The Labute approximate surface area is 182 Å². The minimum absolute atomic E-state index is 0. The van der Waals surface area contributed by atoms with Crippen molar-refractivity contribution in [3.8, 4) is 5.75 Å². The summed E-state index contributed by atoms with van der Waals surface area (Å²) in [4.78, 5) is 17.7. The van der Waals surface area contributed by atoms with Crippen LogP contribution in [0.2, 0.25) is 5.02 Å². The molecule has 1 heterocycles. The van der Waals surface area contributed by atoms with Crippen molar-refractivity contribution >= 4 is 47.6 Å². The lowest BCUT2D eigenvalue weighted by atomic mass is 10.1. The number of amides is 1. The zero-order chi connectivity index (χ0) is 18.8. The highest BCUT2D eigenvalue weighted by Crippen LogP contribution is 2.16. The fourth-order valence-electron chi connectivity index (χ4n) is 2.70. The number of nitrogens with zero attached hydrogens (tertiary/aromatic N) is 2. The summed E-state index contributed by atoms with van der Waals surface area (Å²) < 4.78 is 10.7. The number of ether oxygens (including phenoxy) is 2. The van der Waals surface area contributed by atoms with E-state index in [4.69, 9.17) is 21.1 Å². The van der Waals surface area contributed by atoms with Gasteiger partial charge in [-0.25, -0.2) is 4.79 Å². The third kappa shape index (κ3) is 8.42. The molecule has 2 rings (SSSR count). The molecule has 152 valence electrons. The molecule has 2 N–H and O–H groups in total. The first-order valence-electron chi connectivity index (χ1n) is 8.89. The zero-order valence-electron chi connectivity index (χ0n) is 15.7. The van der Waals surface area contributed by atoms with E-state index < -0.39 is 0 Å². The minimum Gasteiger partial charge on any atom is -0.492 e. The van der Waals surface area contributed by atoms with Crippen LogP contribution < -0.4 is 15.4 Å². The Morgan fingerprint density at radius 1 is 1.37 bits per heavy atom. The molecule has 0 spiro atoms. The van der Waals surface area contributed by atoms with E-state index in [2.05, 4.69) is 15.6 Å². The molecule has 1 aromatic rings. The quantitative estimate of drug-likeness (QED) is 0.266. The van der Waals surface area contributed by atoms with Crippen LogP contribution in [0.15, 0.2) is 29.3 Å². The number of rotatable bonds is 6. The fraction of sp³-hybridized carbons (Fsp3) is 0.556. The maximum Gasteiger partial charge on any atom is 0.409 e. The van der Waals surface area contributed by atoms with Crippen molar-refractivity contribution in [3.63, 3.8) is 0 Å². The van der Waals surface area contributed by atoms with Gasteiger partial charge in [-0.15, -0.1) is 24.0 Å². The second-order valence-electron chi connectivity index (χ2n) is 5.91. The van der Waals surface area contributed by atoms with E-state index in [1.165, 1.54) is 0 Å². The summed E-state index contributed by atoms with van der Waals surface area (Å²) >= 11 is 5.93. The summed E-state index contributed by atoms with van der Waals surface area (Å²) in [7, 11) is 1.74. The molecule has 0 aliphatic carbocycles. The normalized spacial score (nSPS) is 14.9. The van der Waals surface area contributed by atoms with Crippen molar-refractivity contribution in [1.82, 2.24) is 15.5 Å². The number of halogens is 2. The molecule has 1 saturated heterocycles. The summed E-state index contributed by atoms with van der Waals surface area (Å²) in [5.41, 5.74) is 0. The predicted molar refractivity (Wildman–Crippen MR) is 118 cm³/mol. The Morgan fingerprint density at radius 2 is 2.11 bits per heavy atom. The molecule has 1 fully saturated rings. The van der Waals surface area contributed by atoms with Gasteiger partial charge in [-0.1, -0.05) is 17.7 Å².